The zero-order valence-electron chi connectivity index (χ0n) is 14.7. The van der Waals surface area contributed by atoms with E-state index in [0.29, 0.717) is 5.02 Å². The van der Waals surface area contributed by atoms with Gasteiger partial charge >= 0.3 is 0 Å². The minimum absolute atomic E-state index is 0.139. The van der Waals surface area contributed by atoms with Crippen LogP contribution in [0.4, 0.5) is 0 Å². The molecule has 3 nitrogen and oxygen atoms in total. The zero-order chi connectivity index (χ0) is 19.7. The van der Waals surface area contributed by atoms with Crippen molar-refractivity contribution in [1.82, 2.24) is 10.6 Å². The molecule has 0 amide bonds. The lowest BCUT2D eigenvalue weighted by Crippen LogP contribution is -2.39. The summed E-state index contributed by atoms with van der Waals surface area (Å²) in [5.74, 6) is 0.252. The van der Waals surface area contributed by atoms with Crippen LogP contribution in [0.1, 0.15) is 28.9 Å². The molecule has 4 rings (SSSR count). The number of halogens is 3. The summed E-state index contributed by atoms with van der Waals surface area (Å²) in [6.07, 6.45) is 1.95. The van der Waals surface area contributed by atoms with Crippen LogP contribution >= 0.6 is 43.5 Å². The van der Waals surface area contributed by atoms with E-state index in [9.17, 15) is 5.11 Å². The SMILES string of the molecule is Oc1ccc(Br)cc1C1C=C(c2cccc(Br)c2)NC(c2ccc(Cl)cc2)N1. The molecular formula is C22H17Br2ClN2O. The maximum absolute atomic E-state index is 10.4. The highest BCUT2D eigenvalue weighted by Gasteiger charge is 2.25. The van der Waals surface area contributed by atoms with Crippen molar-refractivity contribution in [3.63, 3.8) is 0 Å². The molecule has 0 bridgehead atoms. The van der Waals surface area contributed by atoms with E-state index in [1.165, 1.54) is 0 Å². The molecule has 2 atom stereocenters. The number of rotatable bonds is 3. The zero-order valence-corrected chi connectivity index (χ0v) is 18.6. The highest BCUT2D eigenvalue weighted by molar-refractivity contribution is 9.10. The van der Waals surface area contributed by atoms with Crippen molar-refractivity contribution in [2.24, 2.45) is 0 Å². The third-order valence-corrected chi connectivity index (χ3v) is 5.88. The molecule has 0 aliphatic carbocycles. The number of aromatic hydroxyl groups is 1. The summed E-state index contributed by atoms with van der Waals surface area (Å²) in [5.41, 5.74) is 3.92. The van der Waals surface area contributed by atoms with Gasteiger partial charge in [-0.3, -0.25) is 5.32 Å². The summed E-state index contributed by atoms with van der Waals surface area (Å²) in [6, 6.07) is 21.2. The minimum Gasteiger partial charge on any atom is -0.508 e. The van der Waals surface area contributed by atoms with E-state index >= 15 is 0 Å². The number of benzene rings is 3. The van der Waals surface area contributed by atoms with Gasteiger partial charge in [0.05, 0.1) is 6.04 Å². The first-order valence-electron chi connectivity index (χ1n) is 8.74. The molecule has 0 saturated carbocycles. The van der Waals surface area contributed by atoms with Gasteiger partial charge in [-0.15, -0.1) is 0 Å². The highest BCUT2D eigenvalue weighted by Crippen LogP contribution is 2.35. The van der Waals surface area contributed by atoms with Crippen molar-refractivity contribution >= 4 is 49.2 Å². The molecule has 2 unspecified atom stereocenters. The number of phenolic OH excluding ortho intramolecular Hbond substituents is 1. The minimum atomic E-state index is -0.173. The van der Waals surface area contributed by atoms with E-state index in [2.05, 4.69) is 60.7 Å². The number of nitrogens with one attached hydrogen (secondary N) is 2. The largest absolute Gasteiger partial charge is 0.508 e. The van der Waals surface area contributed by atoms with E-state index in [1.807, 2.05) is 48.5 Å². The molecule has 0 radical (unpaired) electrons. The van der Waals surface area contributed by atoms with Crippen molar-refractivity contribution in [2.45, 2.75) is 12.2 Å². The fraction of sp³-hybridized carbons (Fsp3) is 0.0909. The summed E-state index contributed by atoms with van der Waals surface area (Å²) >= 11 is 13.1. The van der Waals surface area contributed by atoms with Crippen LogP contribution < -0.4 is 10.6 Å². The quantitative estimate of drug-likeness (QED) is 0.367. The lowest BCUT2D eigenvalue weighted by atomic mass is 9.98. The van der Waals surface area contributed by atoms with Crippen molar-refractivity contribution in [2.75, 3.05) is 0 Å². The average Bonchev–Trinajstić information content (AvgIpc) is 2.70. The Balaban J connectivity index is 1.78. The summed E-state index contributed by atoms with van der Waals surface area (Å²) in [5, 5.41) is 18.3. The Labute approximate surface area is 185 Å². The first-order valence-corrected chi connectivity index (χ1v) is 10.7. The summed E-state index contributed by atoms with van der Waals surface area (Å²) in [4.78, 5) is 0. The van der Waals surface area contributed by atoms with Gasteiger partial charge in [0.1, 0.15) is 11.9 Å². The van der Waals surface area contributed by atoms with Crippen LogP contribution in [0, 0.1) is 0 Å². The summed E-state index contributed by atoms with van der Waals surface area (Å²) in [6.45, 7) is 0. The van der Waals surface area contributed by atoms with Crippen LogP contribution in [0.25, 0.3) is 5.70 Å². The van der Waals surface area contributed by atoms with E-state index in [1.54, 1.807) is 6.07 Å². The van der Waals surface area contributed by atoms with Gasteiger partial charge in [-0.2, -0.15) is 0 Å². The molecule has 0 saturated heterocycles. The van der Waals surface area contributed by atoms with E-state index in [0.717, 1.165) is 31.3 Å². The normalized spacial score (nSPS) is 19.0. The lowest BCUT2D eigenvalue weighted by Gasteiger charge is -2.33. The fourth-order valence-corrected chi connectivity index (χ4v) is 4.17. The van der Waals surface area contributed by atoms with Crippen molar-refractivity contribution in [1.29, 1.82) is 0 Å². The Morgan fingerprint density at radius 2 is 1.64 bits per heavy atom. The third kappa shape index (κ3) is 4.28. The van der Waals surface area contributed by atoms with Gasteiger partial charge in [0.2, 0.25) is 0 Å². The molecule has 1 aliphatic rings. The Kier molecular flexibility index (Phi) is 5.78. The van der Waals surface area contributed by atoms with Gasteiger partial charge < -0.3 is 10.4 Å². The van der Waals surface area contributed by atoms with Gasteiger partial charge in [0.25, 0.3) is 0 Å². The molecule has 28 heavy (non-hydrogen) atoms. The molecular weight excluding hydrogens is 504 g/mol. The fourth-order valence-electron chi connectivity index (χ4n) is 3.26. The molecule has 142 valence electrons. The topological polar surface area (TPSA) is 44.3 Å². The molecule has 1 aliphatic heterocycles. The Hall–Kier alpha value is -1.79. The van der Waals surface area contributed by atoms with E-state index < -0.39 is 0 Å². The predicted molar refractivity (Wildman–Crippen MR) is 121 cm³/mol. The molecule has 3 N–H and O–H groups in total. The van der Waals surface area contributed by atoms with Crippen LogP contribution in [0.3, 0.4) is 0 Å². The first-order chi connectivity index (χ1) is 13.5. The van der Waals surface area contributed by atoms with E-state index in [-0.39, 0.29) is 18.0 Å². The van der Waals surface area contributed by atoms with Crippen molar-refractivity contribution in [3.05, 3.63) is 103 Å². The highest BCUT2D eigenvalue weighted by atomic mass is 79.9. The molecule has 1 heterocycles. The second-order valence-electron chi connectivity index (χ2n) is 6.57. The van der Waals surface area contributed by atoms with Gasteiger partial charge in [-0.05, 0) is 59.7 Å². The number of hydrogen-bond donors (Lipinski definition) is 3. The smallest absolute Gasteiger partial charge is 0.120 e. The van der Waals surface area contributed by atoms with Crippen molar-refractivity contribution in [3.8, 4) is 5.75 Å². The Morgan fingerprint density at radius 3 is 2.39 bits per heavy atom. The standard InChI is InChI=1S/C22H17Br2ClN2O/c23-15-3-1-2-14(10-15)19-12-20(18-11-16(24)6-9-21(18)28)27-22(26-19)13-4-7-17(25)8-5-13/h1-12,20,22,26-28H. The molecule has 0 fully saturated rings. The van der Waals surface area contributed by atoms with E-state index in [4.69, 9.17) is 11.6 Å². The van der Waals surface area contributed by atoms with Crippen molar-refractivity contribution < 1.29 is 5.11 Å². The maximum atomic E-state index is 10.4. The van der Waals surface area contributed by atoms with Gasteiger partial charge in [-0.25, -0.2) is 0 Å². The second kappa shape index (κ2) is 8.29. The van der Waals surface area contributed by atoms with Gasteiger partial charge in [0, 0.05) is 25.2 Å². The van der Waals surface area contributed by atoms with Gasteiger partial charge in [0.15, 0.2) is 0 Å². The summed E-state index contributed by atoms with van der Waals surface area (Å²) in [7, 11) is 0. The molecule has 0 aromatic heterocycles. The monoisotopic (exact) mass is 518 g/mol. The molecule has 3 aromatic carbocycles. The molecule has 0 spiro atoms. The summed E-state index contributed by atoms with van der Waals surface area (Å²) < 4.78 is 1.93. The second-order valence-corrected chi connectivity index (χ2v) is 8.83. The van der Waals surface area contributed by atoms with Crippen LogP contribution in [-0.2, 0) is 0 Å². The average molecular weight is 521 g/mol. The molecule has 3 aromatic rings. The van der Waals surface area contributed by atoms with Gasteiger partial charge in [-0.1, -0.05) is 67.7 Å². The maximum Gasteiger partial charge on any atom is 0.120 e. The third-order valence-electron chi connectivity index (χ3n) is 4.64. The van der Waals surface area contributed by atoms with Crippen LogP contribution in [0.2, 0.25) is 5.02 Å². The Morgan fingerprint density at radius 1 is 0.893 bits per heavy atom. The first kappa shape index (κ1) is 19.5. The van der Waals surface area contributed by atoms with Crippen LogP contribution in [0.5, 0.6) is 5.75 Å². The predicted octanol–water partition coefficient (Wildman–Crippen LogP) is 6.54. The number of phenols is 1. The number of hydrogen-bond acceptors (Lipinski definition) is 3. The molecule has 6 heteroatoms. The van der Waals surface area contributed by atoms with Crippen LogP contribution in [0.15, 0.2) is 81.8 Å². The lowest BCUT2D eigenvalue weighted by molar-refractivity contribution is 0.419. The Bertz CT molecular complexity index is 1040. The van der Waals surface area contributed by atoms with Crippen LogP contribution in [-0.4, -0.2) is 5.11 Å².